The van der Waals surface area contributed by atoms with Crippen molar-refractivity contribution in [3.63, 3.8) is 0 Å². The van der Waals surface area contributed by atoms with Gasteiger partial charge in [-0.15, -0.1) is 0 Å². The molecule has 0 aromatic heterocycles. The molecule has 84 valence electrons. The quantitative estimate of drug-likeness (QED) is 0.818. The molecule has 2 N–H and O–H groups in total. The van der Waals surface area contributed by atoms with Crippen LogP contribution in [0.2, 0.25) is 0 Å². The third-order valence-electron chi connectivity index (χ3n) is 2.01. The van der Waals surface area contributed by atoms with E-state index >= 15 is 0 Å². The van der Waals surface area contributed by atoms with E-state index in [9.17, 15) is 18.3 Å². The highest BCUT2D eigenvalue weighted by Gasteiger charge is 2.39. The first kappa shape index (κ1) is 12.0. The Morgan fingerprint density at radius 2 is 1.60 bits per heavy atom. The lowest BCUT2D eigenvalue weighted by Gasteiger charge is -2.18. The summed E-state index contributed by atoms with van der Waals surface area (Å²) >= 11 is 0. The van der Waals surface area contributed by atoms with Crippen molar-refractivity contribution in [2.24, 2.45) is 0 Å². The van der Waals surface area contributed by atoms with Gasteiger partial charge in [-0.05, 0) is 5.56 Å². The number of rotatable bonds is 3. The number of benzene rings is 1. The molecule has 0 unspecified atom stereocenters. The molecule has 0 radical (unpaired) electrons. The third-order valence-corrected chi connectivity index (χ3v) is 2.01. The number of alkyl halides is 3. The van der Waals surface area contributed by atoms with E-state index in [-0.39, 0.29) is 0 Å². The fraction of sp³-hybridized carbons (Fsp3) is 0.400. The Balaban J connectivity index is 2.61. The highest BCUT2D eigenvalue weighted by Crippen LogP contribution is 2.27. The lowest BCUT2D eigenvalue weighted by molar-refractivity contribution is -0.211. The first-order valence-electron chi connectivity index (χ1n) is 4.39. The SMILES string of the molecule is O[C@H](C[C@@H](O)C(F)(F)F)c1ccccc1. The fourth-order valence-electron chi connectivity index (χ4n) is 1.16. The molecule has 1 rings (SSSR count). The van der Waals surface area contributed by atoms with Gasteiger partial charge in [0.2, 0.25) is 0 Å². The zero-order chi connectivity index (χ0) is 11.5. The zero-order valence-corrected chi connectivity index (χ0v) is 7.78. The lowest BCUT2D eigenvalue weighted by atomic mass is 10.0. The topological polar surface area (TPSA) is 40.5 Å². The number of aliphatic hydroxyl groups excluding tert-OH is 2. The molecular weight excluding hydrogens is 209 g/mol. The van der Waals surface area contributed by atoms with E-state index < -0.39 is 24.8 Å². The Bertz CT molecular complexity index is 297. The van der Waals surface area contributed by atoms with E-state index in [2.05, 4.69) is 0 Å². The minimum absolute atomic E-state index is 0.362. The maximum atomic E-state index is 12.0. The van der Waals surface area contributed by atoms with Gasteiger partial charge >= 0.3 is 6.18 Å². The Labute approximate surface area is 85.0 Å². The van der Waals surface area contributed by atoms with Crippen LogP contribution < -0.4 is 0 Å². The Hall–Kier alpha value is -1.07. The average Bonchev–Trinajstić information content (AvgIpc) is 2.17. The predicted octanol–water partition coefficient (Wildman–Crippen LogP) is 2.03. The molecule has 0 spiro atoms. The van der Waals surface area contributed by atoms with Crippen LogP contribution in [0, 0.1) is 0 Å². The highest BCUT2D eigenvalue weighted by molar-refractivity contribution is 5.17. The van der Waals surface area contributed by atoms with Crippen molar-refractivity contribution < 1.29 is 23.4 Å². The minimum Gasteiger partial charge on any atom is -0.388 e. The van der Waals surface area contributed by atoms with Crippen molar-refractivity contribution in [3.8, 4) is 0 Å². The molecule has 1 aromatic rings. The van der Waals surface area contributed by atoms with Gasteiger partial charge in [-0.3, -0.25) is 0 Å². The monoisotopic (exact) mass is 220 g/mol. The number of hydrogen-bond acceptors (Lipinski definition) is 2. The molecule has 15 heavy (non-hydrogen) atoms. The molecule has 0 fully saturated rings. The molecule has 0 saturated heterocycles. The predicted molar refractivity (Wildman–Crippen MR) is 48.1 cm³/mol. The third kappa shape index (κ3) is 3.53. The van der Waals surface area contributed by atoms with Crippen LogP contribution in [0.25, 0.3) is 0 Å². The second-order valence-electron chi connectivity index (χ2n) is 3.22. The van der Waals surface area contributed by atoms with E-state index in [0.717, 1.165) is 0 Å². The van der Waals surface area contributed by atoms with Gasteiger partial charge in [-0.1, -0.05) is 30.3 Å². The van der Waals surface area contributed by atoms with Gasteiger partial charge in [-0.2, -0.15) is 13.2 Å². The summed E-state index contributed by atoms with van der Waals surface area (Å²) in [5, 5.41) is 18.1. The average molecular weight is 220 g/mol. The van der Waals surface area contributed by atoms with Crippen LogP contribution in [0.3, 0.4) is 0 Å². The Kier molecular flexibility index (Phi) is 3.71. The van der Waals surface area contributed by atoms with Crippen molar-refractivity contribution in [2.75, 3.05) is 0 Å². The molecule has 1 aromatic carbocycles. The van der Waals surface area contributed by atoms with E-state index in [1.165, 1.54) is 12.1 Å². The molecule has 0 aliphatic rings. The maximum Gasteiger partial charge on any atom is 0.414 e. The molecule has 0 aliphatic carbocycles. The normalized spacial score (nSPS) is 16.1. The zero-order valence-electron chi connectivity index (χ0n) is 7.78. The summed E-state index contributed by atoms with van der Waals surface area (Å²) < 4.78 is 35.9. The summed E-state index contributed by atoms with van der Waals surface area (Å²) in [6.45, 7) is 0. The van der Waals surface area contributed by atoms with E-state index in [1.54, 1.807) is 18.2 Å². The van der Waals surface area contributed by atoms with Gasteiger partial charge in [0.05, 0.1) is 6.10 Å². The summed E-state index contributed by atoms with van der Waals surface area (Å²) in [4.78, 5) is 0. The first-order valence-corrected chi connectivity index (χ1v) is 4.39. The van der Waals surface area contributed by atoms with Crippen LogP contribution in [-0.4, -0.2) is 22.5 Å². The van der Waals surface area contributed by atoms with E-state index in [4.69, 9.17) is 5.11 Å². The molecule has 0 saturated carbocycles. The van der Waals surface area contributed by atoms with Gasteiger partial charge < -0.3 is 10.2 Å². The molecule has 0 heterocycles. The lowest BCUT2D eigenvalue weighted by Crippen LogP contribution is -2.30. The molecule has 0 amide bonds. The maximum absolute atomic E-state index is 12.0. The largest absolute Gasteiger partial charge is 0.414 e. The summed E-state index contributed by atoms with van der Waals surface area (Å²) in [6, 6.07) is 7.93. The first-order chi connectivity index (χ1) is 6.91. The number of aliphatic hydroxyl groups is 2. The van der Waals surface area contributed by atoms with Crippen molar-refractivity contribution in [1.82, 2.24) is 0 Å². The number of hydrogen-bond donors (Lipinski definition) is 2. The summed E-state index contributed by atoms with van der Waals surface area (Å²) in [6.07, 6.45) is -9.22. The molecule has 2 nitrogen and oxygen atoms in total. The standard InChI is InChI=1S/C10H11F3O2/c11-10(12,13)9(15)6-8(14)7-4-2-1-3-5-7/h1-5,8-9,14-15H,6H2/t8-,9-/m1/s1. The highest BCUT2D eigenvalue weighted by atomic mass is 19.4. The van der Waals surface area contributed by atoms with Gasteiger partial charge in [0.15, 0.2) is 6.10 Å². The summed E-state index contributed by atoms with van der Waals surface area (Å²) in [7, 11) is 0. The molecule has 2 atom stereocenters. The second kappa shape index (κ2) is 4.63. The second-order valence-corrected chi connectivity index (χ2v) is 3.22. The number of halogens is 3. The van der Waals surface area contributed by atoms with Crippen LogP contribution in [-0.2, 0) is 0 Å². The van der Waals surface area contributed by atoms with Crippen molar-refractivity contribution >= 4 is 0 Å². The summed E-state index contributed by atoms with van der Waals surface area (Å²) in [5.41, 5.74) is 0.362. The van der Waals surface area contributed by atoms with Gasteiger partial charge in [0.25, 0.3) is 0 Å². The fourth-order valence-corrected chi connectivity index (χ4v) is 1.16. The van der Waals surface area contributed by atoms with Crippen molar-refractivity contribution in [2.45, 2.75) is 24.8 Å². The molecular formula is C10H11F3O2. The smallest absolute Gasteiger partial charge is 0.388 e. The van der Waals surface area contributed by atoms with Gasteiger partial charge in [-0.25, -0.2) is 0 Å². The summed E-state index contributed by atoms with van der Waals surface area (Å²) in [5.74, 6) is 0. The van der Waals surface area contributed by atoms with Crippen molar-refractivity contribution in [3.05, 3.63) is 35.9 Å². The van der Waals surface area contributed by atoms with E-state index in [1.807, 2.05) is 0 Å². The molecule has 5 heteroatoms. The van der Waals surface area contributed by atoms with Crippen LogP contribution in [0.1, 0.15) is 18.1 Å². The van der Waals surface area contributed by atoms with Crippen molar-refractivity contribution in [1.29, 1.82) is 0 Å². The van der Waals surface area contributed by atoms with Gasteiger partial charge in [0.1, 0.15) is 0 Å². The minimum atomic E-state index is -4.68. The van der Waals surface area contributed by atoms with Crippen LogP contribution in [0.5, 0.6) is 0 Å². The van der Waals surface area contributed by atoms with Crippen LogP contribution in [0.15, 0.2) is 30.3 Å². The molecule has 0 aliphatic heterocycles. The molecule has 0 bridgehead atoms. The van der Waals surface area contributed by atoms with Crippen LogP contribution in [0.4, 0.5) is 13.2 Å². The Morgan fingerprint density at radius 1 is 1.07 bits per heavy atom. The van der Waals surface area contributed by atoms with E-state index in [0.29, 0.717) is 5.56 Å². The Morgan fingerprint density at radius 3 is 2.07 bits per heavy atom. The van der Waals surface area contributed by atoms with Crippen LogP contribution >= 0.6 is 0 Å². The van der Waals surface area contributed by atoms with Gasteiger partial charge in [0, 0.05) is 6.42 Å².